The molecule has 0 bridgehead atoms. The van der Waals surface area contributed by atoms with E-state index in [0.29, 0.717) is 18.0 Å². The van der Waals surface area contributed by atoms with Gasteiger partial charge in [-0.05, 0) is 31.5 Å². The van der Waals surface area contributed by atoms with Gasteiger partial charge in [-0.2, -0.15) is 0 Å². The molecule has 1 amide bonds. The average molecular weight is 361 g/mol. The lowest BCUT2D eigenvalue weighted by Gasteiger charge is -2.30. The van der Waals surface area contributed by atoms with E-state index in [4.69, 9.17) is 20.2 Å². The van der Waals surface area contributed by atoms with Crippen LogP contribution in [0.3, 0.4) is 0 Å². The quantitative estimate of drug-likeness (QED) is 0.855. The highest BCUT2D eigenvalue weighted by Crippen LogP contribution is 2.39. The molecule has 2 N–H and O–H groups in total. The highest BCUT2D eigenvalue weighted by molar-refractivity contribution is 7.13. The number of benzene rings is 1. The first-order valence-corrected chi connectivity index (χ1v) is 9.17. The van der Waals surface area contributed by atoms with Crippen LogP contribution in [0.25, 0.3) is 10.6 Å². The van der Waals surface area contributed by atoms with Gasteiger partial charge in [-0.1, -0.05) is 6.07 Å². The topological polar surface area (TPSA) is 77.7 Å². The summed E-state index contributed by atoms with van der Waals surface area (Å²) in [6.07, 6.45) is 1.88. The Hall–Kier alpha value is -2.12. The molecule has 1 aromatic heterocycles. The number of amides is 1. The Morgan fingerprint density at radius 1 is 1.40 bits per heavy atom. The number of carbonyl (C=O) groups is 1. The van der Waals surface area contributed by atoms with E-state index < -0.39 is 0 Å². The number of likely N-dealkylation sites (tertiary alicyclic amines) is 1. The molecule has 2 heterocycles. The molecule has 1 atom stereocenters. The van der Waals surface area contributed by atoms with Crippen molar-refractivity contribution >= 4 is 17.2 Å². The summed E-state index contributed by atoms with van der Waals surface area (Å²) in [5.41, 5.74) is 7.38. The number of ether oxygens (including phenoxy) is 2. The molecule has 134 valence electrons. The van der Waals surface area contributed by atoms with Crippen LogP contribution in [0, 0.1) is 5.92 Å². The molecule has 2 aromatic rings. The van der Waals surface area contributed by atoms with Crippen molar-refractivity contribution in [1.82, 2.24) is 9.88 Å². The molecule has 0 aliphatic carbocycles. The fraction of sp³-hybridized carbons (Fsp3) is 0.444. The Balaban J connectivity index is 1.76. The third-order valence-corrected chi connectivity index (χ3v) is 5.40. The Bertz CT molecular complexity index is 747. The second-order valence-corrected chi connectivity index (χ2v) is 7.02. The molecule has 1 aliphatic rings. The lowest BCUT2D eigenvalue weighted by atomic mass is 9.97. The van der Waals surface area contributed by atoms with E-state index in [0.717, 1.165) is 42.2 Å². The maximum Gasteiger partial charge on any atom is 0.221 e. The fourth-order valence-electron chi connectivity index (χ4n) is 3.22. The Morgan fingerprint density at radius 2 is 2.24 bits per heavy atom. The minimum atomic E-state index is -0.204. The molecule has 0 saturated carbocycles. The van der Waals surface area contributed by atoms with Crippen molar-refractivity contribution in [2.45, 2.75) is 19.4 Å². The molecule has 6 nitrogen and oxygen atoms in total. The normalized spacial score (nSPS) is 18.1. The molecule has 0 unspecified atom stereocenters. The smallest absolute Gasteiger partial charge is 0.221 e. The number of primary amides is 1. The Morgan fingerprint density at radius 3 is 2.96 bits per heavy atom. The van der Waals surface area contributed by atoms with Crippen LogP contribution in [0.2, 0.25) is 0 Å². The molecule has 3 rings (SSSR count). The molecule has 1 aromatic carbocycles. The maximum atomic E-state index is 11.4. The SMILES string of the molecule is COc1cccc(-c2nc(CN3CCC[C@@H](C(N)=O)C3)cs2)c1OC. The minimum absolute atomic E-state index is 0.0506. The van der Waals surface area contributed by atoms with Gasteiger partial charge in [0, 0.05) is 18.5 Å². The van der Waals surface area contributed by atoms with Crippen molar-refractivity contribution in [3.8, 4) is 22.1 Å². The van der Waals surface area contributed by atoms with Crippen molar-refractivity contribution in [3.63, 3.8) is 0 Å². The third kappa shape index (κ3) is 3.93. The number of aromatic nitrogens is 1. The maximum absolute atomic E-state index is 11.4. The monoisotopic (exact) mass is 361 g/mol. The molecule has 25 heavy (non-hydrogen) atoms. The van der Waals surface area contributed by atoms with Crippen LogP contribution < -0.4 is 15.2 Å². The number of nitrogens with two attached hydrogens (primary N) is 1. The molecule has 1 saturated heterocycles. The summed E-state index contributed by atoms with van der Waals surface area (Å²) >= 11 is 1.58. The zero-order chi connectivity index (χ0) is 17.8. The van der Waals surface area contributed by atoms with E-state index in [1.54, 1.807) is 25.6 Å². The zero-order valence-corrected chi connectivity index (χ0v) is 15.3. The van der Waals surface area contributed by atoms with Gasteiger partial charge in [0.05, 0.1) is 31.4 Å². The van der Waals surface area contributed by atoms with Crippen molar-refractivity contribution in [1.29, 1.82) is 0 Å². The second-order valence-electron chi connectivity index (χ2n) is 6.16. The number of hydrogen-bond donors (Lipinski definition) is 1. The van der Waals surface area contributed by atoms with Crippen LogP contribution in [-0.4, -0.2) is 43.1 Å². The lowest BCUT2D eigenvalue weighted by Crippen LogP contribution is -2.40. The molecule has 0 radical (unpaired) electrons. The molecule has 1 aliphatic heterocycles. The Kier molecular flexibility index (Phi) is 5.55. The van der Waals surface area contributed by atoms with Gasteiger partial charge in [-0.15, -0.1) is 11.3 Å². The zero-order valence-electron chi connectivity index (χ0n) is 14.5. The summed E-state index contributed by atoms with van der Waals surface area (Å²) in [7, 11) is 3.26. The molecule has 0 spiro atoms. The number of nitrogens with zero attached hydrogens (tertiary/aromatic N) is 2. The van der Waals surface area contributed by atoms with Gasteiger partial charge in [-0.25, -0.2) is 4.98 Å². The minimum Gasteiger partial charge on any atom is -0.493 e. The number of para-hydroxylation sites is 1. The summed E-state index contributed by atoms with van der Waals surface area (Å²) < 4.78 is 10.9. The summed E-state index contributed by atoms with van der Waals surface area (Å²) in [4.78, 5) is 18.4. The van der Waals surface area contributed by atoms with E-state index in [1.807, 2.05) is 18.2 Å². The van der Waals surface area contributed by atoms with E-state index in [9.17, 15) is 4.79 Å². The molecule has 1 fully saturated rings. The first kappa shape index (κ1) is 17.7. The highest BCUT2D eigenvalue weighted by Gasteiger charge is 2.24. The van der Waals surface area contributed by atoms with Gasteiger partial charge in [0.2, 0.25) is 5.91 Å². The van der Waals surface area contributed by atoms with Crippen molar-refractivity contribution in [2.24, 2.45) is 11.7 Å². The summed E-state index contributed by atoms with van der Waals surface area (Å²) in [5, 5.41) is 2.96. The summed E-state index contributed by atoms with van der Waals surface area (Å²) in [5.74, 6) is 1.13. The molecular formula is C18H23N3O3S. The van der Waals surface area contributed by atoms with E-state index >= 15 is 0 Å². The van der Waals surface area contributed by atoms with Crippen LogP contribution in [0.4, 0.5) is 0 Å². The van der Waals surface area contributed by atoms with Gasteiger partial charge >= 0.3 is 0 Å². The molecular weight excluding hydrogens is 338 g/mol. The number of piperidine rings is 1. The van der Waals surface area contributed by atoms with Gasteiger partial charge in [0.25, 0.3) is 0 Å². The average Bonchev–Trinajstić information content (AvgIpc) is 3.09. The fourth-order valence-corrected chi connectivity index (χ4v) is 4.05. The van der Waals surface area contributed by atoms with Crippen molar-refractivity contribution < 1.29 is 14.3 Å². The van der Waals surface area contributed by atoms with Gasteiger partial charge in [0.1, 0.15) is 5.01 Å². The highest BCUT2D eigenvalue weighted by atomic mass is 32.1. The first-order valence-electron chi connectivity index (χ1n) is 8.29. The first-order chi connectivity index (χ1) is 12.1. The van der Waals surface area contributed by atoms with Crippen LogP contribution in [0.15, 0.2) is 23.6 Å². The number of carbonyl (C=O) groups excluding carboxylic acids is 1. The number of methoxy groups -OCH3 is 2. The van der Waals surface area contributed by atoms with Crippen molar-refractivity contribution in [3.05, 3.63) is 29.3 Å². The van der Waals surface area contributed by atoms with Crippen LogP contribution in [-0.2, 0) is 11.3 Å². The van der Waals surface area contributed by atoms with Gasteiger partial charge in [-0.3, -0.25) is 9.69 Å². The molecule has 7 heteroatoms. The predicted octanol–water partition coefficient (Wildman–Crippen LogP) is 2.52. The third-order valence-electron chi connectivity index (χ3n) is 4.48. The summed E-state index contributed by atoms with van der Waals surface area (Å²) in [6.45, 7) is 2.41. The van der Waals surface area contributed by atoms with E-state index in [1.165, 1.54) is 0 Å². The second kappa shape index (κ2) is 7.84. The van der Waals surface area contributed by atoms with Crippen molar-refractivity contribution in [2.75, 3.05) is 27.3 Å². The van der Waals surface area contributed by atoms with E-state index in [-0.39, 0.29) is 11.8 Å². The van der Waals surface area contributed by atoms with E-state index in [2.05, 4.69) is 10.3 Å². The van der Waals surface area contributed by atoms with Crippen LogP contribution >= 0.6 is 11.3 Å². The Labute approximate surface area is 151 Å². The lowest BCUT2D eigenvalue weighted by molar-refractivity contribution is -0.123. The van der Waals surface area contributed by atoms with Crippen LogP contribution in [0.5, 0.6) is 11.5 Å². The number of rotatable bonds is 6. The largest absolute Gasteiger partial charge is 0.493 e. The van der Waals surface area contributed by atoms with Gasteiger partial charge in [0.15, 0.2) is 11.5 Å². The van der Waals surface area contributed by atoms with Crippen LogP contribution in [0.1, 0.15) is 18.5 Å². The summed E-state index contributed by atoms with van der Waals surface area (Å²) in [6, 6.07) is 5.78. The van der Waals surface area contributed by atoms with Gasteiger partial charge < -0.3 is 15.2 Å². The number of hydrogen-bond acceptors (Lipinski definition) is 6. The predicted molar refractivity (Wildman–Crippen MR) is 97.8 cm³/mol. The number of thiazole rings is 1. The standard InChI is InChI=1S/C18H23N3O3S/c1-23-15-7-3-6-14(16(15)24-2)18-20-13(11-25-18)10-21-8-4-5-12(9-21)17(19)22/h3,6-7,11-12H,4-5,8-10H2,1-2H3,(H2,19,22)/t12-/m1/s1.